The Kier molecular flexibility index (Phi) is 6.02. The van der Waals surface area contributed by atoms with E-state index in [0.29, 0.717) is 0 Å². The Hall–Kier alpha value is -2.66. The van der Waals surface area contributed by atoms with Gasteiger partial charge in [0.1, 0.15) is 0 Å². The number of carbonyl (C=O) groups excluding carboxylic acids is 2. The molecule has 0 bridgehead atoms. The van der Waals surface area contributed by atoms with Gasteiger partial charge in [-0.3, -0.25) is 15.4 Å². The van der Waals surface area contributed by atoms with Crippen LogP contribution in [0.25, 0.3) is 0 Å². The van der Waals surface area contributed by atoms with Crippen molar-refractivity contribution in [3.05, 3.63) is 71.8 Å². The summed E-state index contributed by atoms with van der Waals surface area (Å²) in [5.74, 6) is -0.322. The molecule has 0 radical (unpaired) electrons. The summed E-state index contributed by atoms with van der Waals surface area (Å²) in [6.45, 7) is 1.78. The first-order valence-corrected chi connectivity index (χ1v) is 9.08. The van der Waals surface area contributed by atoms with Crippen LogP contribution in [0, 0.1) is 0 Å². The van der Waals surface area contributed by atoms with Crippen molar-refractivity contribution in [3.63, 3.8) is 0 Å². The molecule has 5 heteroatoms. The van der Waals surface area contributed by atoms with Crippen molar-refractivity contribution in [1.82, 2.24) is 16.0 Å². The molecule has 5 nitrogen and oxygen atoms in total. The molecule has 3 rings (SSSR count). The number of rotatable bonds is 7. The van der Waals surface area contributed by atoms with Gasteiger partial charge >= 0.3 is 6.03 Å². The van der Waals surface area contributed by atoms with Gasteiger partial charge in [0.15, 0.2) is 0 Å². The maximum atomic E-state index is 12.3. The van der Waals surface area contributed by atoms with Gasteiger partial charge < -0.3 is 5.32 Å². The predicted molar refractivity (Wildman–Crippen MR) is 102 cm³/mol. The standard InChI is InChI=1S/C21H25N3O2/c1-15(20(25)24-21(26)23-18-12-13-18)22-19(17-10-6-3-7-11-17)14-16-8-4-2-5-9-16/h2-11,15,18-19,22H,12-14H2,1H3,(H2,23,24,25,26). The summed E-state index contributed by atoms with van der Waals surface area (Å²) >= 11 is 0. The number of benzene rings is 2. The lowest BCUT2D eigenvalue weighted by molar-refractivity contribution is -0.121. The Morgan fingerprint density at radius 3 is 2.23 bits per heavy atom. The number of hydrogen-bond acceptors (Lipinski definition) is 3. The van der Waals surface area contributed by atoms with E-state index in [1.54, 1.807) is 6.92 Å². The highest BCUT2D eigenvalue weighted by molar-refractivity contribution is 5.97. The van der Waals surface area contributed by atoms with Crippen molar-refractivity contribution in [3.8, 4) is 0 Å². The second-order valence-electron chi connectivity index (χ2n) is 6.78. The molecule has 1 fully saturated rings. The minimum atomic E-state index is -0.492. The third-order valence-corrected chi connectivity index (χ3v) is 4.48. The lowest BCUT2D eigenvalue weighted by atomic mass is 9.98. The van der Waals surface area contributed by atoms with Crippen molar-refractivity contribution in [2.24, 2.45) is 0 Å². The fourth-order valence-electron chi connectivity index (χ4n) is 2.85. The van der Waals surface area contributed by atoms with Crippen LogP contribution in [0.2, 0.25) is 0 Å². The summed E-state index contributed by atoms with van der Waals surface area (Å²) in [6, 6.07) is 19.5. The fourth-order valence-corrected chi connectivity index (χ4v) is 2.85. The maximum Gasteiger partial charge on any atom is 0.321 e. The van der Waals surface area contributed by atoms with Crippen LogP contribution in [-0.4, -0.2) is 24.0 Å². The molecule has 0 aliphatic heterocycles. The van der Waals surface area contributed by atoms with E-state index in [1.807, 2.05) is 48.5 Å². The molecule has 0 heterocycles. The average molecular weight is 351 g/mol. The summed E-state index contributed by atoms with van der Waals surface area (Å²) in [4.78, 5) is 24.1. The third-order valence-electron chi connectivity index (χ3n) is 4.48. The molecule has 0 saturated heterocycles. The van der Waals surface area contributed by atoms with Crippen molar-refractivity contribution in [2.45, 2.75) is 44.3 Å². The van der Waals surface area contributed by atoms with Crippen LogP contribution in [0.3, 0.4) is 0 Å². The summed E-state index contributed by atoms with van der Waals surface area (Å²) in [7, 11) is 0. The lowest BCUT2D eigenvalue weighted by Crippen LogP contribution is -2.49. The fraction of sp³-hybridized carbons (Fsp3) is 0.333. The Balaban J connectivity index is 1.64. The Morgan fingerprint density at radius 2 is 1.62 bits per heavy atom. The largest absolute Gasteiger partial charge is 0.335 e. The average Bonchev–Trinajstić information content (AvgIpc) is 3.46. The highest BCUT2D eigenvalue weighted by Gasteiger charge is 2.25. The van der Waals surface area contributed by atoms with E-state index in [1.165, 1.54) is 5.56 Å². The van der Waals surface area contributed by atoms with E-state index in [2.05, 4.69) is 28.1 Å². The molecule has 3 amide bonds. The minimum Gasteiger partial charge on any atom is -0.335 e. The first-order chi connectivity index (χ1) is 12.6. The summed E-state index contributed by atoms with van der Waals surface area (Å²) in [5.41, 5.74) is 2.30. The molecule has 136 valence electrons. The molecule has 2 aromatic carbocycles. The molecule has 2 unspecified atom stereocenters. The second kappa shape index (κ2) is 8.63. The van der Waals surface area contributed by atoms with E-state index in [-0.39, 0.29) is 18.0 Å². The molecule has 1 aliphatic carbocycles. The van der Waals surface area contributed by atoms with Gasteiger partial charge in [-0.2, -0.15) is 0 Å². The van der Waals surface area contributed by atoms with Crippen molar-refractivity contribution in [1.29, 1.82) is 0 Å². The number of hydrogen-bond donors (Lipinski definition) is 3. The van der Waals surface area contributed by atoms with E-state index in [4.69, 9.17) is 0 Å². The van der Waals surface area contributed by atoms with Crippen LogP contribution < -0.4 is 16.0 Å². The van der Waals surface area contributed by atoms with E-state index in [0.717, 1.165) is 24.8 Å². The maximum absolute atomic E-state index is 12.3. The molecule has 1 aliphatic rings. The van der Waals surface area contributed by atoms with Gasteiger partial charge in [0.05, 0.1) is 6.04 Å². The number of nitrogens with one attached hydrogen (secondary N) is 3. The van der Waals surface area contributed by atoms with Crippen molar-refractivity contribution < 1.29 is 9.59 Å². The van der Waals surface area contributed by atoms with Crippen molar-refractivity contribution >= 4 is 11.9 Å². The predicted octanol–water partition coefficient (Wildman–Crippen LogP) is 2.94. The Labute approximate surface area is 154 Å². The molecule has 3 N–H and O–H groups in total. The van der Waals surface area contributed by atoms with Crippen LogP contribution in [0.15, 0.2) is 60.7 Å². The molecule has 0 spiro atoms. The van der Waals surface area contributed by atoms with Gasteiger partial charge in [-0.05, 0) is 37.3 Å². The topological polar surface area (TPSA) is 70.2 Å². The van der Waals surface area contributed by atoms with Gasteiger partial charge in [0.25, 0.3) is 0 Å². The van der Waals surface area contributed by atoms with Crippen LogP contribution in [0.5, 0.6) is 0 Å². The molecule has 2 atom stereocenters. The zero-order valence-electron chi connectivity index (χ0n) is 14.9. The Morgan fingerprint density at radius 1 is 1.00 bits per heavy atom. The van der Waals surface area contributed by atoms with Crippen LogP contribution in [0.4, 0.5) is 4.79 Å². The smallest absolute Gasteiger partial charge is 0.321 e. The van der Waals surface area contributed by atoms with Crippen LogP contribution in [0.1, 0.15) is 36.9 Å². The van der Waals surface area contributed by atoms with Crippen LogP contribution in [-0.2, 0) is 11.2 Å². The SMILES string of the molecule is CC(NC(Cc1ccccc1)c1ccccc1)C(=O)NC(=O)NC1CC1. The van der Waals surface area contributed by atoms with E-state index in [9.17, 15) is 9.59 Å². The highest BCUT2D eigenvalue weighted by Crippen LogP contribution is 2.19. The molecule has 2 aromatic rings. The monoisotopic (exact) mass is 351 g/mol. The van der Waals surface area contributed by atoms with Crippen LogP contribution >= 0.6 is 0 Å². The summed E-state index contributed by atoms with van der Waals surface area (Å²) < 4.78 is 0. The minimum absolute atomic E-state index is 0.0224. The zero-order chi connectivity index (χ0) is 18.4. The number of carbonyl (C=O) groups is 2. The molecule has 0 aromatic heterocycles. The zero-order valence-corrected chi connectivity index (χ0v) is 14.9. The number of urea groups is 1. The first kappa shape index (κ1) is 18.1. The Bertz CT molecular complexity index is 729. The van der Waals surface area contributed by atoms with E-state index < -0.39 is 12.1 Å². The second-order valence-corrected chi connectivity index (χ2v) is 6.78. The highest BCUT2D eigenvalue weighted by atomic mass is 16.2. The number of amides is 3. The molecule has 1 saturated carbocycles. The third kappa shape index (κ3) is 5.43. The van der Waals surface area contributed by atoms with E-state index >= 15 is 0 Å². The number of imide groups is 1. The molecular weight excluding hydrogens is 326 g/mol. The molecule has 26 heavy (non-hydrogen) atoms. The van der Waals surface area contributed by atoms with Gasteiger partial charge in [-0.25, -0.2) is 4.79 Å². The summed E-state index contributed by atoms with van der Waals surface area (Å²) in [6.07, 6.45) is 2.74. The van der Waals surface area contributed by atoms with Gasteiger partial charge in [0.2, 0.25) is 5.91 Å². The summed E-state index contributed by atoms with van der Waals surface area (Å²) in [5, 5.41) is 8.55. The lowest BCUT2D eigenvalue weighted by Gasteiger charge is -2.23. The quantitative estimate of drug-likeness (QED) is 0.718. The van der Waals surface area contributed by atoms with Gasteiger partial charge in [0, 0.05) is 12.1 Å². The van der Waals surface area contributed by atoms with Gasteiger partial charge in [-0.15, -0.1) is 0 Å². The first-order valence-electron chi connectivity index (χ1n) is 9.08. The van der Waals surface area contributed by atoms with Crippen molar-refractivity contribution in [2.75, 3.05) is 0 Å². The normalized spacial score (nSPS) is 15.7. The molecular formula is C21H25N3O2. The van der Waals surface area contributed by atoms with Gasteiger partial charge in [-0.1, -0.05) is 60.7 Å².